The third kappa shape index (κ3) is 5.03. The van der Waals surface area contributed by atoms with Crippen molar-refractivity contribution in [1.82, 2.24) is 0 Å². The second-order valence-corrected chi connectivity index (χ2v) is 6.67. The smallest absolute Gasteiger partial charge is 0.265 e. The molecule has 1 atom stereocenters. The molecule has 0 radical (unpaired) electrons. The number of benzene rings is 3. The minimum Gasteiger partial charge on any atom is -0.481 e. The van der Waals surface area contributed by atoms with Crippen LogP contribution in [0.2, 0.25) is 0 Å². The summed E-state index contributed by atoms with van der Waals surface area (Å²) in [5, 5.41) is 11.6. The lowest BCUT2D eigenvalue weighted by Gasteiger charge is -2.18. The van der Waals surface area contributed by atoms with E-state index in [1.54, 1.807) is 67.4 Å². The Morgan fingerprint density at radius 1 is 1.00 bits per heavy atom. The van der Waals surface area contributed by atoms with E-state index in [1.165, 1.54) is 0 Å². The number of carbonyl (C=O) groups is 2. The van der Waals surface area contributed by atoms with Crippen molar-refractivity contribution in [3.05, 3.63) is 90.0 Å². The molecule has 0 fully saturated rings. The van der Waals surface area contributed by atoms with E-state index >= 15 is 0 Å². The highest BCUT2D eigenvalue weighted by Crippen LogP contribution is 2.18. The number of nitrogens with one attached hydrogen (secondary N) is 1. The molecule has 0 unspecified atom stereocenters. The maximum Gasteiger partial charge on any atom is 0.265 e. The fourth-order valence-corrected chi connectivity index (χ4v) is 2.80. The topological polar surface area (TPSA) is 82.4 Å². The minimum absolute atomic E-state index is 0.181. The number of amides is 2. The first-order chi connectivity index (χ1) is 14.5. The van der Waals surface area contributed by atoms with Crippen LogP contribution in [0.15, 0.2) is 78.9 Å². The molecule has 6 heteroatoms. The van der Waals surface area contributed by atoms with Gasteiger partial charge in [-0.3, -0.25) is 9.59 Å². The highest BCUT2D eigenvalue weighted by atomic mass is 16.5. The molecule has 2 amide bonds. The zero-order valence-electron chi connectivity index (χ0n) is 16.7. The Hall–Kier alpha value is -4.11. The number of carbonyl (C=O) groups excluding carboxylic acids is 2. The number of hydrogen-bond donors (Lipinski definition) is 1. The van der Waals surface area contributed by atoms with Crippen LogP contribution in [-0.2, 0) is 4.79 Å². The molecule has 3 rings (SSSR count). The van der Waals surface area contributed by atoms with Gasteiger partial charge < -0.3 is 15.0 Å². The van der Waals surface area contributed by atoms with Crippen LogP contribution in [0.1, 0.15) is 22.8 Å². The van der Waals surface area contributed by atoms with Crippen molar-refractivity contribution >= 4 is 23.2 Å². The van der Waals surface area contributed by atoms with E-state index in [1.807, 2.05) is 36.4 Å². The van der Waals surface area contributed by atoms with Gasteiger partial charge in [-0.2, -0.15) is 5.26 Å². The Kier molecular flexibility index (Phi) is 6.46. The molecule has 6 nitrogen and oxygen atoms in total. The highest BCUT2D eigenvalue weighted by Gasteiger charge is 2.17. The number of ether oxygens (including phenoxy) is 1. The van der Waals surface area contributed by atoms with Crippen LogP contribution in [-0.4, -0.2) is 25.0 Å². The highest BCUT2D eigenvalue weighted by molar-refractivity contribution is 6.06. The number of nitrogens with zero attached hydrogens (tertiary/aromatic N) is 2. The number of para-hydroxylation sites is 1. The Labute approximate surface area is 175 Å². The van der Waals surface area contributed by atoms with Gasteiger partial charge in [0.2, 0.25) is 0 Å². The second kappa shape index (κ2) is 9.39. The van der Waals surface area contributed by atoms with Crippen LogP contribution in [0.25, 0.3) is 0 Å². The van der Waals surface area contributed by atoms with Gasteiger partial charge in [0, 0.05) is 24.0 Å². The zero-order valence-corrected chi connectivity index (χ0v) is 16.7. The summed E-state index contributed by atoms with van der Waals surface area (Å²) < 4.78 is 5.62. The zero-order chi connectivity index (χ0) is 21.5. The Balaban J connectivity index is 1.65. The first kappa shape index (κ1) is 20.6. The summed E-state index contributed by atoms with van der Waals surface area (Å²) in [6.45, 7) is 1.63. The molecule has 3 aromatic carbocycles. The molecule has 0 aliphatic carbocycles. The van der Waals surface area contributed by atoms with E-state index in [0.717, 1.165) is 5.69 Å². The summed E-state index contributed by atoms with van der Waals surface area (Å²) in [5.74, 6) is -0.0374. The molecule has 0 heterocycles. The molecule has 0 aliphatic rings. The van der Waals surface area contributed by atoms with Gasteiger partial charge >= 0.3 is 0 Å². The van der Waals surface area contributed by atoms with E-state index in [9.17, 15) is 9.59 Å². The standard InChI is InChI=1S/C24H21N3O3/c1-17(30-22-13-11-18(16-25)12-14-22)23(28)26-20-8-6-7-19(15-20)24(29)27(2)21-9-4-3-5-10-21/h3-15,17H,1-2H3,(H,26,28)/t17-/m0/s1. The Bertz CT molecular complexity index is 1070. The lowest BCUT2D eigenvalue weighted by atomic mass is 10.1. The number of anilines is 2. The second-order valence-electron chi connectivity index (χ2n) is 6.67. The summed E-state index contributed by atoms with van der Waals surface area (Å²) in [4.78, 5) is 26.8. The van der Waals surface area contributed by atoms with Crippen LogP contribution < -0.4 is 15.0 Å². The molecule has 0 aromatic heterocycles. The molecule has 0 spiro atoms. The number of rotatable bonds is 6. The van der Waals surface area contributed by atoms with Gasteiger partial charge in [-0.25, -0.2) is 0 Å². The van der Waals surface area contributed by atoms with E-state index in [-0.39, 0.29) is 11.8 Å². The van der Waals surface area contributed by atoms with Gasteiger partial charge in [0.25, 0.3) is 11.8 Å². The Morgan fingerprint density at radius 2 is 1.70 bits per heavy atom. The summed E-state index contributed by atoms with van der Waals surface area (Å²) in [6.07, 6.45) is -0.760. The Morgan fingerprint density at radius 3 is 2.37 bits per heavy atom. The van der Waals surface area contributed by atoms with E-state index < -0.39 is 6.10 Å². The van der Waals surface area contributed by atoms with Crippen molar-refractivity contribution in [2.45, 2.75) is 13.0 Å². The molecule has 3 aromatic rings. The fraction of sp³-hybridized carbons (Fsp3) is 0.125. The summed E-state index contributed by atoms with van der Waals surface area (Å²) >= 11 is 0. The molecule has 0 saturated heterocycles. The first-order valence-corrected chi connectivity index (χ1v) is 9.39. The lowest BCUT2D eigenvalue weighted by Crippen LogP contribution is -2.30. The maximum absolute atomic E-state index is 12.8. The average Bonchev–Trinajstić information content (AvgIpc) is 2.79. The van der Waals surface area contributed by atoms with Gasteiger partial charge in [0.1, 0.15) is 5.75 Å². The largest absolute Gasteiger partial charge is 0.481 e. The van der Waals surface area contributed by atoms with Crippen LogP contribution in [0.4, 0.5) is 11.4 Å². The molecule has 1 N–H and O–H groups in total. The van der Waals surface area contributed by atoms with Gasteiger partial charge in [-0.1, -0.05) is 24.3 Å². The van der Waals surface area contributed by atoms with Gasteiger partial charge in [-0.15, -0.1) is 0 Å². The predicted molar refractivity (Wildman–Crippen MR) is 115 cm³/mol. The lowest BCUT2D eigenvalue weighted by molar-refractivity contribution is -0.122. The van der Waals surface area contributed by atoms with Crippen LogP contribution in [0.3, 0.4) is 0 Å². The van der Waals surface area contributed by atoms with Crippen molar-refractivity contribution in [1.29, 1.82) is 5.26 Å². The third-order valence-corrected chi connectivity index (χ3v) is 4.49. The fourth-order valence-electron chi connectivity index (χ4n) is 2.80. The van der Waals surface area contributed by atoms with Crippen molar-refractivity contribution in [2.75, 3.05) is 17.3 Å². The van der Waals surface area contributed by atoms with E-state index in [0.29, 0.717) is 22.6 Å². The molecule has 0 aliphatic heterocycles. The van der Waals surface area contributed by atoms with Crippen LogP contribution in [0, 0.1) is 11.3 Å². The van der Waals surface area contributed by atoms with Gasteiger partial charge in [-0.05, 0) is 61.5 Å². The average molecular weight is 399 g/mol. The van der Waals surface area contributed by atoms with Crippen molar-refractivity contribution in [2.24, 2.45) is 0 Å². The summed E-state index contributed by atoms with van der Waals surface area (Å²) in [7, 11) is 1.70. The summed E-state index contributed by atoms with van der Waals surface area (Å²) in [5.41, 5.74) is 2.25. The van der Waals surface area contributed by atoms with Crippen LogP contribution >= 0.6 is 0 Å². The maximum atomic E-state index is 12.8. The monoisotopic (exact) mass is 399 g/mol. The molecular formula is C24H21N3O3. The minimum atomic E-state index is -0.760. The molecule has 0 bridgehead atoms. The van der Waals surface area contributed by atoms with Gasteiger partial charge in [0.05, 0.1) is 11.6 Å². The van der Waals surface area contributed by atoms with Crippen molar-refractivity contribution < 1.29 is 14.3 Å². The normalized spacial score (nSPS) is 11.1. The molecule has 0 saturated carbocycles. The molecular weight excluding hydrogens is 378 g/mol. The summed E-state index contributed by atoms with van der Waals surface area (Å²) in [6, 6.07) is 24.6. The molecule has 30 heavy (non-hydrogen) atoms. The van der Waals surface area contributed by atoms with E-state index in [2.05, 4.69) is 5.32 Å². The SMILES string of the molecule is C[C@H](Oc1ccc(C#N)cc1)C(=O)Nc1cccc(C(=O)N(C)c2ccccc2)c1. The van der Waals surface area contributed by atoms with Crippen molar-refractivity contribution in [3.63, 3.8) is 0 Å². The van der Waals surface area contributed by atoms with Crippen molar-refractivity contribution in [3.8, 4) is 11.8 Å². The van der Waals surface area contributed by atoms with E-state index in [4.69, 9.17) is 10.00 Å². The quantitative estimate of drug-likeness (QED) is 0.672. The third-order valence-electron chi connectivity index (χ3n) is 4.49. The first-order valence-electron chi connectivity index (χ1n) is 9.39. The number of hydrogen-bond acceptors (Lipinski definition) is 4. The van der Waals surface area contributed by atoms with Crippen LogP contribution in [0.5, 0.6) is 5.75 Å². The molecule has 150 valence electrons. The number of nitriles is 1. The predicted octanol–water partition coefficient (Wildman–Crippen LogP) is 4.24. The van der Waals surface area contributed by atoms with Gasteiger partial charge in [0.15, 0.2) is 6.10 Å².